The van der Waals surface area contributed by atoms with Gasteiger partial charge in [0.2, 0.25) is 11.7 Å². The SMILES string of the molecule is CCOCCn1c(N2CCCN(CCC3(c4ccccc4)CCN(C(=O)c4cc(OC)c(OC)c(OC)c4Cl)C3)CC2)nc2ccccc21. The van der Waals surface area contributed by atoms with Gasteiger partial charge in [-0.1, -0.05) is 54.1 Å². The number of likely N-dealkylation sites (tertiary alicyclic amines) is 1. The zero-order chi connectivity index (χ0) is 34.4. The van der Waals surface area contributed by atoms with Crippen molar-refractivity contribution in [3.8, 4) is 17.2 Å². The van der Waals surface area contributed by atoms with Crippen molar-refractivity contribution in [2.45, 2.75) is 38.1 Å². The summed E-state index contributed by atoms with van der Waals surface area (Å²) >= 11 is 6.75. The number of para-hydroxylation sites is 2. The molecule has 2 fully saturated rings. The highest BCUT2D eigenvalue weighted by Crippen LogP contribution is 2.46. The van der Waals surface area contributed by atoms with Crippen LogP contribution in [0.25, 0.3) is 11.0 Å². The van der Waals surface area contributed by atoms with E-state index in [0.717, 1.165) is 75.5 Å². The molecule has 4 aromatic rings. The second kappa shape index (κ2) is 15.7. The number of fused-ring (bicyclic) bond motifs is 1. The molecule has 11 heteroatoms. The smallest absolute Gasteiger partial charge is 0.255 e. The molecule has 49 heavy (non-hydrogen) atoms. The Hall–Kier alpha value is -3.99. The normalized spacial score (nSPS) is 18.6. The van der Waals surface area contributed by atoms with E-state index in [-0.39, 0.29) is 16.3 Å². The lowest BCUT2D eigenvalue weighted by atomic mass is 9.76. The van der Waals surface area contributed by atoms with Crippen molar-refractivity contribution in [1.29, 1.82) is 0 Å². The van der Waals surface area contributed by atoms with Crippen LogP contribution in [0.4, 0.5) is 5.95 Å². The van der Waals surface area contributed by atoms with Gasteiger partial charge in [0.05, 0.1) is 49.6 Å². The third kappa shape index (κ3) is 7.18. The first kappa shape index (κ1) is 34.9. The van der Waals surface area contributed by atoms with Crippen LogP contribution in [0.15, 0.2) is 60.7 Å². The molecule has 0 aliphatic carbocycles. The molecule has 0 N–H and O–H groups in total. The number of amides is 1. The Kier molecular flexibility index (Phi) is 11.2. The van der Waals surface area contributed by atoms with E-state index in [2.05, 4.69) is 69.0 Å². The summed E-state index contributed by atoms with van der Waals surface area (Å²) in [6.07, 6.45) is 2.86. The van der Waals surface area contributed by atoms with Crippen molar-refractivity contribution in [1.82, 2.24) is 19.4 Å². The zero-order valence-electron chi connectivity index (χ0n) is 29.1. The molecule has 2 aliphatic heterocycles. The van der Waals surface area contributed by atoms with Crippen molar-refractivity contribution in [2.75, 3.05) is 85.3 Å². The molecule has 2 saturated heterocycles. The second-order valence-electron chi connectivity index (χ2n) is 12.8. The number of nitrogens with zero attached hydrogens (tertiary/aromatic N) is 5. The van der Waals surface area contributed by atoms with E-state index in [1.807, 2.05) is 11.8 Å². The predicted octanol–water partition coefficient (Wildman–Crippen LogP) is 6.14. The Morgan fingerprint density at radius 2 is 1.67 bits per heavy atom. The minimum absolute atomic E-state index is 0.139. The van der Waals surface area contributed by atoms with Gasteiger partial charge in [0, 0.05) is 51.3 Å². The van der Waals surface area contributed by atoms with Gasteiger partial charge in [-0.05, 0) is 63.0 Å². The fraction of sp³-hybridized carbons (Fsp3) is 0.474. The minimum Gasteiger partial charge on any atom is -0.493 e. The first-order valence-corrected chi connectivity index (χ1v) is 17.6. The third-order valence-corrected chi connectivity index (χ3v) is 10.5. The van der Waals surface area contributed by atoms with Gasteiger partial charge in [-0.15, -0.1) is 0 Å². The molecule has 10 nitrogen and oxygen atoms in total. The fourth-order valence-electron chi connectivity index (χ4n) is 7.46. The molecule has 1 atom stereocenters. The maximum Gasteiger partial charge on any atom is 0.255 e. The van der Waals surface area contributed by atoms with E-state index in [0.29, 0.717) is 49.1 Å². The molecule has 1 unspecified atom stereocenters. The van der Waals surface area contributed by atoms with Crippen molar-refractivity contribution >= 4 is 34.5 Å². The summed E-state index contributed by atoms with van der Waals surface area (Å²) < 4.78 is 24.6. The van der Waals surface area contributed by atoms with Crippen LogP contribution in [-0.4, -0.2) is 106 Å². The number of hydrogen-bond donors (Lipinski definition) is 0. The molecular weight excluding hydrogens is 642 g/mol. The number of halogens is 1. The quantitative estimate of drug-likeness (QED) is 0.155. The van der Waals surface area contributed by atoms with Crippen molar-refractivity contribution < 1.29 is 23.7 Å². The summed E-state index contributed by atoms with van der Waals surface area (Å²) in [4.78, 5) is 26.1. The van der Waals surface area contributed by atoms with Crippen molar-refractivity contribution in [3.63, 3.8) is 0 Å². The Morgan fingerprint density at radius 3 is 2.43 bits per heavy atom. The van der Waals surface area contributed by atoms with Crippen LogP contribution in [0.1, 0.15) is 42.1 Å². The maximum absolute atomic E-state index is 14.1. The number of rotatable bonds is 13. The van der Waals surface area contributed by atoms with Gasteiger partial charge in [-0.25, -0.2) is 4.98 Å². The molecular formula is C38H48ClN5O5. The standard InChI is InChI=1S/C38H48ClN5O5/c1-5-49-25-24-44-31-15-10-9-14-30(31)40-37(44)42-19-11-18-41(22-23-42)20-16-38(28-12-7-6-8-13-28)17-21-43(27-38)36(45)29-26-32(46-2)34(47-3)35(48-4)33(29)39/h6-10,12-15,26H,5,11,16-25,27H2,1-4H3. The number of anilines is 1. The average Bonchev–Trinajstić information content (AvgIpc) is 3.66. The van der Waals surface area contributed by atoms with Crippen LogP contribution in [0.3, 0.4) is 0 Å². The van der Waals surface area contributed by atoms with Gasteiger partial charge in [-0.2, -0.15) is 0 Å². The third-order valence-electron chi connectivity index (χ3n) is 10.1. The van der Waals surface area contributed by atoms with E-state index in [4.69, 9.17) is 35.5 Å². The molecule has 2 aliphatic rings. The van der Waals surface area contributed by atoms with Crippen LogP contribution in [0, 0.1) is 0 Å². The van der Waals surface area contributed by atoms with E-state index in [9.17, 15) is 4.79 Å². The van der Waals surface area contributed by atoms with E-state index in [1.54, 1.807) is 6.07 Å². The Bertz CT molecular complexity index is 1730. The summed E-state index contributed by atoms with van der Waals surface area (Å²) in [5.41, 5.74) is 3.61. The van der Waals surface area contributed by atoms with Crippen LogP contribution in [0.2, 0.25) is 5.02 Å². The van der Waals surface area contributed by atoms with E-state index < -0.39 is 0 Å². The number of hydrogen-bond acceptors (Lipinski definition) is 8. The lowest BCUT2D eigenvalue weighted by molar-refractivity contribution is 0.0780. The number of ether oxygens (including phenoxy) is 4. The monoisotopic (exact) mass is 689 g/mol. The number of aromatic nitrogens is 2. The van der Waals surface area contributed by atoms with Crippen molar-refractivity contribution in [2.24, 2.45) is 0 Å². The van der Waals surface area contributed by atoms with Crippen LogP contribution in [0.5, 0.6) is 17.2 Å². The summed E-state index contributed by atoms with van der Waals surface area (Å²) in [6, 6.07) is 20.7. The Labute approximate surface area is 294 Å². The average molecular weight is 690 g/mol. The predicted molar refractivity (Wildman–Crippen MR) is 194 cm³/mol. The molecule has 3 heterocycles. The number of imidazole rings is 1. The zero-order valence-corrected chi connectivity index (χ0v) is 29.9. The first-order chi connectivity index (χ1) is 23.9. The largest absolute Gasteiger partial charge is 0.493 e. The maximum atomic E-state index is 14.1. The van der Waals surface area contributed by atoms with E-state index >= 15 is 0 Å². The Balaban J connectivity index is 1.18. The molecule has 0 radical (unpaired) electrons. The minimum atomic E-state index is -0.177. The number of benzene rings is 3. The van der Waals surface area contributed by atoms with E-state index in [1.165, 1.54) is 26.9 Å². The topological polar surface area (TPSA) is 81.5 Å². The van der Waals surface area contributed by atoms with Gasteiger partial charge in [-0.3, -0.25) is 4.79 Å². The highest BCUT2D eigenvalue weighted by molar-refractivity contribution is 6.35. The molecule has 0 spiro atoms. The second-order valence-corrected chi connectivity index (χ2v) is 13.2. The Morgan fingerprint density at radius 1 is 0.898 bits per heavy atom. The molecule has 1 amide bonds. The van der Waals surface area contributed by atoms with Gasteiger partial charge in [0.1, 0.15) is 0 Å². The summed E-state index contributed by atoms with van der Waals surface area (Å²) in [6.45, 7) is 10.2. The summed E-state index contributed by atoms with van der Waals surface area (Å²) in [5, 5.41) is 0.225. The van der Waals surface area contributed by atoms with Gasteiger partial charge in [0.25, 0.3) is 5.91 Å². The molecule has 1 aromatic heterocycles. The van der Waals surface area contributed by atoms with Gasteiger partial charge in [0.15, 0.2) is 11.5 Å². The lowest BCUT2D eigenvalue weighted by Gasteiger charge is -2.33. The molecule has 6 rings (SSSR count). The number of carbonyl (C=O) groups is 1. The van der Waals surface area contributed by atoms with Crippen LogP contribution < -0.4 is 19.1 Å². The number of carbonyl (C=O) groups excluding carboxylic acids is 1. The van der Waals surface area contributed by atoms with Crippen LogP contribution in [-0.2, 0) is 16.7 Å². The molecule has 0 saturated carbocycles. The first-order valence-electron chi connectivity index (χ1n) is 17.3. The fourth-order valence-corrected chi connectivity index (χ4v) is 7.76. The highest BCUT2D eigenvalue weighted by atomic mass is 35.5. The number of methoxy groups -OCH3 is 3. The molecule has 3 aromatic carbocycles. The van der Waals surface area contributed by atoms with Gasteiger partial charge < -0.3 is 38.2 Å². The summed E-state index contributed by atoms with van der Waals surface area (Å²) in [7, 11) is 4.57. The summed E-state index contributed by atoms with van der Waals surface area (Å²) in [5.74, 6) is 1.95. The van der Waals surface area contributed by atoms with Gasteiger partial charge >= 0.3 is 0 Å². The molecule has 0 bridgehead atoms. The van der Waals surface area contributed by atoms with Crippen molar-refractivity contribution in [3.05, 3.63) is 76.8 Å². The van der Waals surface area contributed by atoms with Crippen LogP contribution >= 0.6 is 11.6 Å². The lowest BCUT2D eigenvalue weighted by Crippen LogP contribution is -2.39. The highest BCUT2D eigenvalue weighted by Gasteiger charge is 2.42. The molecule has 262 valence electrons.